The van der Waals surface area contributed by atoms with Crippen LogP contribution < -0.4 is 11.1 Å². The Morgan fingerprint density at radius 1 is 1.11 bits per heavy atom. The third-order valence-electron chi connectivity index (χ3n) is 2.44. The molecule has 1 amide bonds. The Balaban J connectivity index is 2.25. The number of carbonyl (C=O) groups excluding carboxylic acids is 1. The molecule has 0 aromatic heterocycles. The van der Waals surface area contributed by atoms with Gasteiger partial charge in [0, 0.05) is 19.3 Å². The van der Waals surface area contributed by atoms with Gasteiger partial charge >= 0.3 is 0 Å². The number of hydrogen-bond acceptors (Lipinski definition) is 2. The van der Waals surface area contributed by atoms with E-state index in [9.17, 15) is 4.79 Å². The number of nitrogens with two attached hydrogens (primary N) is 1. The second kappa shape index (κ2) is 5.98. The Morgan fingerprint density at radius 2 is 1.74 bits per heavy atom. The molecule has 0 spiro atoms. The highest BCUT2D eigenvalue weighted by atomic mass is 127. The predicted octanol–water partition coefficient (Wildman–Crippen LogP) is 4.43. The van der Waals surface area contributed by atoms with Crippen LogP contribution in [-0.2, 0) is 0 Å². The quantitative estimate of drug-likeness (QED) is 0.572. The molecule has 0 saturated carbocycles. The van der Waals surface area contributed by atoms with E-state index in [0.29, 0.717) is 27.0 Å². The van der Waals surface area contributed by atoms with Gasteiger partial charge in [-0.1, -0.05) is 23.2 Å². The number of benzene rings is 2. The Kier molecular flexibility index (Phi) is 4.54. The fraction of sp³-hybridized carbons (Fsp3) is 0. The molecule has 6 heteroatoms. The monoisotopic (exact) mass is 406 g/mol. The van der Waals surface area contributed by atoms with Crippen LogP contribution in [-0.4, -0.2) is 5.91 Å². The van der Waals surface area contributed by atoms with E-state index in [1.807, 2.05) is 0 Å². The van der Waals surface area contributed by atoms with E-state index in [0.717, 1.165) is 3.57 Å². The number of nitrogens with one attached hydrogen (secondary N) is 1. The van der Waals surface area contributed by atoms with E-state index in [1.165, 1.54) is 0 Å². The van der Waals surface area contributed by atoms with Gasteiger partial charge in [-0.3, -0.25) is 4.79 Å². The molecule has 98 valence electrons. The lowest BCUT2D eigenvalue weighted by Crippen LogP contribution is -2.14. The predicted molar refractivity (Wildman–Crippen MR) is 88.0 cm³/mol. The van der Waals surface area contributed by atoms with Crippen molar-refractivity contribution in [3.05, 3.63) is 55.6 Å². The van der Waals surface area contributed by atoms with Gasteiger partial charge in [0.15, 0.2) is 0 Å². The molecule has 2 rings (SSSR count). The van der Waals surface area contributed by atoms with Crippen molar-refractivity contribution in [2.45, 2.75) is 0 Å². The fourth-order valence-corrected chi connectivity index (χ4v) is 2.71. The van der Waals surface area contributed by atoms with E-state index >= 15 is 0 Å². The minimum Gasteiger partial charge on any atom is -0.398 e. The molecule has 3 nitrogen and oxygen atoms in total. The lowest BCUT2D eigenvalue weighted by molar-refractivity contribution is 0.102. The molecule has 0 aliphatic heterocycles. The molecular formula is C13H9Cl2IN2O. The third-order valence-corrected chi connectivity index (χ3v) is 3.80. The van der Waals surface area contributed by atoms with Gasteiger partial charge in [0.05, 0.1) is 11.3 Å². The third kappa shape index (κ3) is 3.52. The van der Waals surface area contributed by atoms with E-state index in [2.05, 4.69) is 27.9 Å². The van der Waals surface area contributed by atoms with Crippen LogP contribution in [0.5, 0.6) is 0 Å². The maximum atomic E-state index is 12.1. The molecule has 0 bridgehead atoms. The van der Waals surface area contributed by atoms with Crippen LogP contribution in [0.4, 0.5) is 11.4 Å². The minimum absolute atomic E-state index is 0.283. The zero-order valence-electron chi connectivity index (χ0n) is 9.58. The molecule has 0 aliphatic rings. The summed E-state index contributed by atoms with van der Waals surface area (Å²) in [6, 6.07) is 9.99. The van der Waals surface area contributed by atoms with Gasteiger partial charge in [0.2, 0.25) is 0 Å². The van der Waals surface area contributed by atoms with Gasteiger partial charge in [-0.15, -0.1) is 0 Å². The summed E-state index contributed by atoms with van der Waals surface area (Å²) in [7, 11) is 0. The van der Waals surface area contributed by atoms with Crippen molar-refractivity contribution in [1.82, 2.24) is 0 Å². The van der Waals surface area contributed by atoms with Gasteiger partial charge in [-0.2, -0.15) is 0 Å². The second-order valence-electron chi connectivity index (χ2n) is 3.81. The normalized spacial score (nSPS) is 10.3. The largest absolute Gasteiger partial charge is 0.398 e. The average Bonchev–Trinajstić information content (AvgIpc) is 2.32. The lowest BCUT2D eigenvalue weighted by Gasteiger charge is -2.09. The van der Waals surface area contributed by atoms with Gasteiger partial charge in [0.1, 0.15) is 0 Å². The van der Waals surface area contributed by atoms with Crippen LogP contribution in [0.25, 0.3) is 0 Å². The maximum Gasteiger partial charge on any atom is 0.257 e. The number of rotatable bonds is 2. The van der Waals surface area contributed by atoms with Crippen molar-refractivity contribution in [1.29, 1.82) is 0 Å². The molecule has 0 fully saturated rings. The number of nitrogen functional groups attached to an aromatic ring is 1. The highest BCUT2D eigenvalue weighted by Gasteiger charge is 2.11. The van der Waals surface area contributed by atoms with E-state index < -0.39 is 0 Å². The number of halogens is 3. The summed E-state index contributed by atoms with van der Waals surface area (Å²) in [5, 5.41) is 3.90. The van der Waals surface area contributed by atoms with Crippen LogP contribution in [0.1, 0.15) is 10.4 Å². The number of hydrogen-bond donors (Lipinski definition) is 2. The second-order valence-corrected chi connectivity index (χ2v) is 5.84. The summed E-state index contributed by atoms with van der Waals surface area (Å²) in [4.78, 5) is 12.1. The molecule has 0 saturated heterocycles. The van der Waals surface area contributed by atoms with Crippen molar-refractivity contribution < 1.29 is 4.79 Å². The lowest BCUT2D eigenvalue weighted by atomic mass is 10.1. The van der Waals surface area contributed by atoms with E-state index in [-0.39, 0.29) is 5.91 Å². The SMILES string of the molecule is Nc1cc(Cl)ccc1C(=O)Nc1ccc(Cl)cc1I. The van der Waals surface area contributed by atoms with Gasteiger partial charge in [-0.05, 0) is 59.0 Å². The molecule has 0 unspecified atom stereocenters. The molecule has 0 atom stereocenters. The first-order valence-electron chi connectivity index (χ1n) is 5.29. The topological polar surface area (TPSA) is 55.1 Å². The van der Waals surface area contributed by atoms with Crippen LogP contribution >= 0.6 is 45.8 Å². The zero-order chi connectivity index (χ0) is 14.0. The highest BCUT2D eigenvalue weighted by Crippen LogP contribution is 2.24. The molecule has 3 N–H and O–H groups in total. The summed E-state index contributed by atoms with van der Waals surface area (Å²) in [6.07, 6.45) is 0. The van der Waals surface area contributed by atoms with Crippen molar-refractivity contribution >= 4 is 63.1 Å². The number of anilines is 2. The fourth-order valence-electron chi connectivity index (χ4n) is 1.52. The molecule has 19 heavy (non-hydrogen) atoms. The highest BCUT2D eigenvalue weighted by molar-refractivity contribution is 14.1. The zero-order valence-corrected chi connectivity index (χ0v) is 13.3. The number of amides is 1. The van der Waals surface area contributed by atoms with Crippen LogP contribution in [0.15, 0.2) is 36.4 Å². The first kappa shape index (κ1) is 14.4. The van der Waals surface area contributed by atoms with Crippen LogP contribution in [0.3, 0.4) is 0 Å². The van der Waals surface area contributed by atoms with Crippen LogP contribution in [0, 0.1) is 3.57 Å². The van der Waals surface area contributed by atoms with Gasteiger partial charge in [-0.25, -0.2) is 0 Å². The molecule has 0 radical (unpaired) electrons. The van der Waals surface area contributed by atoms with Crippen molar-refractivity contribution in [2.24, 2.45) is 0 Å². The number of carbonyl (C=O) groups is 1. The molecule has 2 aromatic rings. The van der Waals surface area contributed by atoms with E-state index in [1.54, 1.807) is 36.4 Å². The minimum atomic E-state index is -0.283. The van der Waals surface area contributed by atoms with Crippen molar-refractivity contribution in [3.8, 4) is 0 Å². The Hall–Kier alpha value is -0.980. The van der Waals surface area contributed by atoms with E-state index in [4.69, 9.17) is 28.9 Å². The summed E-state index contributed by atoms with van der Waals surface area (Å²) < 4.78 is 0.853. The van der Waals surface area contributed by atoms with Gasteiger partial charge in [0.25, 0.3) is 5.91 Å². The summed E-state index contributed by atoms with van der Waals surface area (Å²) in [6.45, 7) is 0. The molecule has 2 aromatic carbocycles. The summed E-state index contributed by atoms with van der Waals surface area (Å²) in [5.74, 6) is -0.283. The molecule has 0 aliphatic carbocycles. The summed E-state index contributed by atoms with van der Waals surface area (Å²) >= 11 is 13.8. The molecular weight excluding hydrogens is 398 g/mol. The Labute approximate surface area is 134 Å². The van der Waals surface area contributed by atoms with Gasteiger partial charge < -0.3 is 11.1 Å². The summed E-state index contributed by atoms with van der Waals surface area (Å²) in [5.41, 5.74) is 7.18. The average molecular weight is 407 g/mol. The maximum absolute atomic E-state index is 12.1. The Bertz CT molecular complexity index is 647. The first-order chi connectivity index (χ1) is 8.97. The first-order valence-corrected chi connectivity index (χ1v) is 7.12. The smallest absolute Gasteiger partial charge is 0.257 e. The van der Waals surface area contributed by atoms with Crippen LogP contribution in [0.2, 0.25) is 10.0 Å². The standard InChI is InChI=1S/C13H9Cl2IN2O/c14-7-2-4-12(10(16)5-7)18-13(19)9-3-1-8(15)6-11(9)17/h1-6H,17H2,(H,18,19). The van der Waals surface area contributed by atoms with Crippen molar-refractivity contribution in [2.75, 3.05) is 11.1 Å². The molecule has 0 heterocycles. The Morgan fingerprint density at radius 3 is 2.37 bits per heavy atom. The van der Waals surface area contributed by atoms with Crippen molar-refractivity contribution in [3.63, 3.8) is 0 Å².